The first kappa shape index (κ1) is 16.5. The summed E-state index contributed by atoms with van der Waals surface area (Å²) in [5.41, 5.74) is 0.662. The number of benzene rings is 1. The molecule has 2 rings (SSSR count). The lowest BCUT2D eigenvalue weighted by Gasteiger charge is -2.20. The Morgan fingerprint density at radius 2 is 2.00 bits per heavy atom. The third-order valence-electron chi connectivity index (χ3n) is 2.58. The number of carbonyl (C=O) groups is 1. The topological polar surface area (TPSA) is 125 Å². The van der Waals surface area contributed by atoms with Gasteiger partial charge in [0.15, 0.2) is 15.5 Å². The summed E-state index contributed by atoms with van der Waals surface area (Å²) in [5, 5.41) is 8.95. The average molecular weight is 362 g/mol. The van der Waals surface area contributed by atoms with Gasteiger partial charge < -0.3 is 5.11 Å². The van der Waals surface area contributed by atoms with E-state index in [1.165, 1.54) is 29.8 Å². The summed E-state index contributed by atoms with van der Waals surface area (Å²) in [6.07, 6.45) is 0.953. The monoisotopic (exact) mass is 362 g/mol. The maximum atomic E-state index is 11.8. The third-order valence-corrected chi connectivity index (χ3v) is 5.34. The maximum absolute atomic E-state index is 11.8. The zero-order chi connectivity index (χ0) is 16.5. The third kappa shape index (κ3) is 3.16. The summed E-state index contributed by atoms with van der Waals surface area (Å²) < 4.78 is 45.6. The van der Waals surface area contributed by atoms with Crippen molar-refractivity contribution in [1.82, 2.24) is 4.98 Å². The Labute approximate surface area is 132 Å². The molecule has 0 amide bonds. The first-order valence-electron chi connectivity index (χ1n) is 5.60. The number of nitrogens with zero attached hydrogens (tertiary/aromatic N) is 2. The van der Waals surface area contributed by atoms with Crippen LogP contribution in [0.3, 0.4) is 0 Å². The number of carboxylic acids is 1. The summed E-state index contributed by atoms with van der Waals surface area (Å²) in [4.78, 5) is 14.6. The lowest BCUT2D eigenvalue weighted by molar-refractivity contribution is 0.0692. The van der Waals surface area contributed by atoms with Crippen molar-refractivity contribution < 1.29 is 27.1 Å². The fraction of sp³-hybridized carbons (Fsp3) is 0.0909. The van der Waals surface area contributed by atoms with E-state index < -0.39 is 32.8 Å². The van der Waals surface area contributed by atoms with E-state index in [1.807, 2.05) is 0 Å². The molecule has 1 aromatic carbocycles. The zero-order valence-electron chi connectivity index (χ0n) is 11.0. The molecule has 0 aliphatic carbocycles. The molecule has 8 nitrogen and oxygen atoms in total. The normalized spacial score (nSPS) is 12.8. The van der Waals surface area contributed by atoms with Crippen LogP contribution in [0.2, 0.25) is 0 Å². The minimum atomic E-state index is -3.69. The van der Waals surface area contributed by atoms with E-state index in [2.05, 4.69) is 4.98 Å². The molecule has 118 valence electrons. The first-order chi connectivity index (χ1) is 10.2. The number of carboxylic acid groups (broad SMARTS) is 1. The van der Waals surface area contributed by atoms with Gasteiger partial charge in [-0.2, -0.15) is 0 Å². The lowest BCUT2D eigenvalue weighted by Crippen LogP contribution is -2.22. The van der Waals surface area contributed by atoms with Crippen molar-refractivity contribution in [3.63, 3.8) is 0 Å². The van der Waals surface area contributed by atoms with Gasteiger partial charge in [-0.3, -0.25) is 4.55 Å². The van der Waals surface area contributed by atoms with Gasteiger partial charge in [0, 0.05) is 6.26 Å². The molecule has 1 heterocycles. The highest BCUT2D eigenvalue weighted by molar-refractivity contribution is 7.91. The van der Waals surface area contributed by atoms with E-state index in [4.69, 9.17) is 5.11 Å². The first-order valence-corrected chi connectivity index (χ1v) is 9.44. The van der Waals surface area contributed by atoms with Gasteiger partial charge in [-0.15, -0.1) is 11.3 Å². The highest BCUT2D eigenvalue weighted by Crippen LogP contribution is 2.36. The van der Waals surface area contributed by atoms with Gasteiger partial charge in [0.2, 0.25) is 0 Å². The molecule has 0 spiro atoms. The largest absolute Gasteiger partial charge is 0.476 e. The van der Waals surface area contributed by atoms with Crippen molar-refractivity contribution in [1.29, 1.82) is 0 Å². The molecule has 0 radical (unpaired) electrons. The van der Waals surface area contributed by atoms with Crippen LogP contribution in [0.1, 0.15) is 10.5 Å². The van der Waals surface area contributed by atoms with Gasteiger partial charge in [0.25, 0.3) is 11.3 Å². The SMILES string of the molecule is CS(=O)(=O)c1ccccc1N(c1scnc1C(=O)O)S(=O)O. The number of sulfone groups is 1. The second kappa shape index (κ2) is 6.12. The number of hydrogen-bond donors (Lipinski definition) is 2. The van der Waals surface area contributed by atoms with Gasteiger partial charge in [-0.25, -0.2) is 26.7 Å². The van der Waals surface area contributed by atoms with Gasteiger partial charge in [0.1, 0.15) is 5.00 Å². The van der Waals surface area contributed by atoms with Crippen molar-refractivity contribution in [2.75, 3.05) is 10.6 Å². The lowest BCUT2D eigenvalue weighted by atomic mass is 10.3. The second-order valence-corrected chi connectivity index (χ2v) is 7.72. The molecule has 1 unspecified atom stereocenters. The molecule has 1 aromatic heterocycles. The average Bonchev–Trinajstić information content (AvgIpc) is 2.87. The minimum Gasteiger partial charge on any atom is -0.476 e. The molecule has 0 saturated carbocycles. The van der Waals surface area contributed by atoms with E-state index in [0.717, 1.165) is 21.9 Å². The van der Waals surface area contributed by atoms with Crippen molar-refractivity contribution in [2.24, 2.45) is 0 Å². The van der Waals surface area contributed by atoms with Crippen LogP contribution in [0.25, 0.3) is 0 Å². The summed E-state index contributed by atoms with van der Waals surface area (Å²) in [5.74, 6) is -1.39. The maximum Gasteiger partial charge on any atom is 0.357 e. The van der Waals surface area contributed by atoms with Crippen LogP contribution in [-0.2, 0) is 21.1 Å². The molecular weight excluding hydrogens is 352 g/mol. The van der Waals surface area contributed by atoms with Crippen LogP contribution in [0.4, 0.5) is 10.7 Å². The van der Waals surface area contributed by atoms with Crippen LogP contribution in [-0.4, -0.2) is 39.5 Å². The van der Waals surface area contributed by atoms with Gasteiger partial charge in [-0.05, 0) is 12.1 Å². The fourth-order valence-electron chi connectivity index (χ4n) is 1.73. The molecule has 11 heteroatoms. The molecule has 0 fully saturated rings. The predicted molar refractivity (Wildman–Crippen MR) is 81.5 cm³/mol. The molecule has 2 aromatic rings. The predicted octanol–water partition coefficient (Wildman–Crippen LogP) is 1.52. The van der Waals surface area contributed by atoms with Crippen molar-refractivity contribution in [2.45, 2.75) is 4.90 Å². The second-order valence-electron chi connectivity index (χ2n) is 4.08. The van der Waals surface area contributed by atoms with Gasteiger partial charge >= 0.3 is 5.97 Å². The molecule has 0 aliphatic heterocycles. The minimum absolute atomic E-state index is 0.0995. The fourth-order valence-corrected chi connectivity index (χ4v) is 4.24. The molecule has 0 aliphatic rings. The van der Waals surface area contributed by atoms with Crippen LogP contribution in [0, 0.1) is 0 Å². The molecule has 0 bridgehead atoms. The Hall–Kier alpha value is -1.82. The number of anilines is 2. The zero-order valence-corrected chi connectivity index (χ0v) is 13.5. The Balaban J connectivity index is 2.73. The van der Waals surface area contributed by atoms with Crippen molar-refractivity contribution in [3.05, 3.63) is 35.5 Å². The van der Waals surface area contributed by atoms with Crippen LogP contribution in [0.15, 0.2) is 34.7 Å². The molecular formula is C11H10N2O6S3. The highest BCUT2D eigenvalue weighted by Gasteiger charge is 2.28. The number of thiazole rings is 1. The summed E-state index contributed by atoms with van der Waals surface area (Å²) >= 11 is -1.87. The Kier molecular flexibility index (Phi) is 4.60. The number of para-hydroxylation sites is 1. The van der Waals surface area contributed by atoms with Gasteiger partial charge in [0.05, 0.1) is 16.1 Å². The van der Waals surface area contributed by atoms with E-state index in [-0.39, 0.29) is 15.6 Å². The van der Waals surface area contributed by atoms with Crippen LogP contribution < -0.4 is 4.31 Å². The van der Waals surface area contributed by atoms with Crippen molar-refractivity contribution >= 4 is 49.1 Å². The smallest absolute Gasteiger partial charge is 0.357 e. The summed E-state index contributed by atoms with van der Waals surface area (Å²) in [7, 11) is -3.69. The quantitative estimate of drug-likeness (QED) is 0.772. The number of rotatable bonds is 5. The standard InChI is InChI=1S/C11H10N2O6S3/c1-22(18,19)8-5-3-2-4-7(8)13(21(16)17)10-9(11(14)15)12-6-20-10/h2-6H,1H3,(H,14,15)(H,16,17). The molecule has 22 heavy (non-hydrogen) atoms. The van der Waals surface area contributed by atoms with Crippen molar-refractivity contribution in [3.8, 4) is 0 Å². The molecule has 0 saturated heterocycles. The number of hydrogen-bond acceptors (Lipinski definition) is 6. The van der Waals surface area contributed by atoms with E-state index in [1.54, 1.807) is 0 Å². The molecule has 2 N–H and O–H groups in total. The Morgan fingerprint density at radius 1 is 1.36 bits per heavy atom. The Morgan fingerprint density at radius 3 is 2.55 bits per heavy atom. The number of aromatic nitrogens is 1. The van der Waals surface area contributed by atoms with Gasteiger partial charge in [-0.1, -0.05) is 12.1 Å². The van der Waals surface area contributed by atoms with E-state index >= 15 is 0 Å². The van der Waals surface area contributed by atoms with Crippen LogP contribution in [0.5, 0.6) is 0 Å². The number of aromatic carboxylic acids is 1. The molecule has 1 atom stereocenters. The summed E-state index contributed by atoms with van der Waals surface area (Å²) in [6.45, 7) is 0. The Bertz CT molecular complexity index is 845. The van der Waals surface area contributed by atoms with E-state index in [0.29, 0.717) is 0 Å². The van der Waals surface area contributed by atoms with Crippen LogP contribution >= 0.6 is 11.3 Å². The highest BCUT2D eigenvalue weighted by atomic mass is 32.2. The summed E-state index contributed by atoms with van der Waals surface area (Å²) in [6, 6.07) is 5.52. The van der Waals surface area contributed by atoms with E-state index in [9.17, 15) is 22.0 Å².